The summed E-state index contributed by atoms with van der Waals surface area (Å²) in [5.41, 5.74) is -0.425. The van der Waals surface area contributed by atoms with Crippen molar-refractivity contribution in [2.45, 2.75) is 23.4 Å². The second-order valence-corrected chi connectivity index (χ2v) is 7.91. The molecule has 2 rings (SSSR count). The van der Waals surface area contributed by atoms with Gasteiger partial charge in [0, 0.05) is 6.54 Å². The third kappa shape index (κ3) is 3.76. The molecule has 0 radical (unpaired) electrons. The fourth-order valence-electron chi connectivity index (χ4n) is 2.21. The Balaban J connectivity index is 2.56. The third-order valence-corrected chi connectivity index (χ3v) is 6.49. The highest BCUT2D eigenvalue weighted by Crippen LogP contribution is 2.41. The summed E-state index contributed by atoms with van der Waals surface area (Å²) in [7, 11) is -4.57. The highest BCUT2D eigenvalue weighted by Gasteiger charge is 2.49. The Kier molecular flexibility index (Phi) is 5.31. The monoisotopic (exact) mass is 385 g/mol. The van der Waals surface area contributed by atoms with Crippen molar-refractivity contribution in [3.05, 3.63) is 52.9 Å². The molecule has 1 aromatic heterocycles. The average Bonchev–Trinajstić information content (AvgIpc) is 2.92. The SMILES string of the molecule is CCN([C@@H](c1ccc(F)cc1)C(F)(F)F)S(=O)(=O)c1ccc(F)s1. The molecule has 0 spiro atoms. The number of sulfonamides is 1. The summed E-state index contributed by atoms with van der Waals surface area (Å²) in [4.78, 5) is 0. The van der Waals surface area contributed by atoms with E-state index in [1.165, 1.54) is 6.92 Å². The minimum Gasteiger partial charge on any atom is -0.207 e. The molecule has 0 aliphatic carbocycles. The molecule has 0 aliphatic heterocycles. The van der Waals surface area contributed by atoms with Crippen LogP contribution in [0.1, 0.15) is 18.5 Å². The molecule has 0 saturated carbocycles. The smallest absolute Gasteiger partial charge is 0.207 e. The molecule has 0 bridgehead atoms. The molecule has 3 nitrogen and oxygen atoms in total. The van der Waals surface area contributed by atoms with Gasteiger partial charge in [0.25, 0.3) is 10.0 Å². The van der Waals surface area contributed by atoms with E-state index < -0.39 is 49.5 Å². The van der Waals surface area contributed by atoms with Gasteiger partial charge in [0.1, 0.15) is 16.1 Å². The van der Waals surface area contributed by atoms with Crippen LogP contribution < -0.4 is 0 Å². The lowest BCUT2D eigenvalue weighted by molar-refractivity contribution is -0.173. The second-order valence-electron chi connectivity index (χ2n) is 4.76. The molecule has 132 valence electrons. The van der Waals surface area contributed by atoms with Crippen LogP contribution in [-0.2, 0) is 10.0 Å². The first-order valence-electron chi connectivity index (χ1n) is 6.66. The summed E-state index contributed by atoms with van der Waals surface area (Å²) >= 11 is 0.240. The van der Waals surface area contributed by atoms with Crippen LogP contribution in [0.2, 0.25) is 0 Å². The van der Waals surface area contributed by atoms with Crippen LogP contribution in [0, 0.1) is 10.9 Å². The number of thiophene rings is 1. The number of nitrogens with zero attached hydrogens (tertiary/aromatic N) is 1. The normalized spacial score (nSPS) is 14.1. The van der Waals surface area contributed by atoms with Gasteiger partial charge in [-0.05, 0) is 29.8 Å². The standard InChI is InChI=1S/C14H12F5NO2S2/c1-2-20(24(21,22)12-8-7-11(16)23-12)13(14(17,18)19)9-3-5-10(15)6-4-9/h3-8,13H,2H2,1H3/t13-/m0/s1. The van der Waals surface area contributed by atoms with Crippen molar-refractivity contribution < 1.29 is 30.4 Å². The van der Waals surface area contributed by atoms with Gasteiger partial charge in [-0.25, -0.2) is 12.8 Å². The first-order valence-corrected chi connectivity index (χ1v) is 8.92. The molecule has 1 aromatic carbocycles. The molecular formula is C14H12F5NO2S2. The minimum atomic E-state index is -4.93. The molecule has 0 amide bonds. The summed E-state index contributed by atoms with van der Waals surface area (Å²) < 4.78 is 91.3. The lowest BCUT2D eigenvalue weighted by atomic mass is 10.1. The van der Waals surface area contributed by atoms with E-state index in [0.29, 0.717) is 0 Å². The molecule has 0 fully saturated rings. The van der Waals surface area contributed by atoms with Gasteiger partial charge in [-0.15, -0.1) is 0 Å². The highest BCUT2D eigenvalue weighted by molar-refractivity contribution is 7.91. The van der Waals surface area contributed by atoms with Crippen molar-refractivity contribution in [1.82, 2.24) is 4.31 Å². The molecule has 0 unspecified atom stereocenters. The molecular weight excluding hydrogens is 373 g/mol. The van der Waals surface area contributed by atoms with Crippen molar-refractivity contribution in [2.75, 3.05) is 6.54 Å². The van der Waals surface area contributed by atoms with Crippen LogP contribution in [0.15, 0.2) is 40.6 Å². The van der Waals surface area contributed by atoms with Crippen LogP contribution in [0.5, 0.6) is 0 Å². The van der Waals surface area contributed by atoms with Crippen LogP contribution in [0.25, 0.3) is 0 Å². The van der Waals surface area contributed by atoms with Gasteiger partial charge in [0.05, 0.1) is 0 Å². The molecule has 10 heteroatoms. The quantitative estimate of drug-likeness (QED) is 0.718. The fourth-order valence-corrected chi connectivity index (χ4v) is 4.95. The molecule has 0 N–H and O–H groups in total. The largest absolute Gasteiger partial charge is 0.409 e. The van der Waals surface area contributed by atoms with Crippen molar-refractivity contribution >= 4 is 21.4 Å². The Hall–Kier alpha value is -1.52. The summed E-state index contributed by atoms with van der Waals surface area (Å²) in [6.45, 7) is 0.743. The Morgan fingerprint density at radius 2 is 1.67 bits per heavy atom. The van der Waals surface area contributed by atoms with Crippen molar-refractivity contribution in [3.63, 3.8) is 0 Å². The molecule has 2 aromatic rings. The van der Waals surface area contributed by atoms with Crippen LogP contribution in [0.3, 0.4) is 0 Å². The Labute approximate surface area is 139 Å². The summed E-state index contributed by atoms with van der Waals surface area (Å²) in [6.07, 6.45) is -4.93. The predicted octanol–water partition coefficient (Wildman–Crippen LogP) is 4.34. The maximum absolute atomic E-state index is 13.5. The molecule has 1 atom stereocenters. The van der Waals surface area contributed by atoms with Gasteiger partial charge in [0.15, 0.2) is 5.13 Å². The predicted molar refractivity (Wildman–Crippen MR) is 79.0 cm³/mol. The van der Waals surface area contributed by atoms with Gasteiger partial charge in [0.2, 0.25) is 0 Å². The molecule has 0 aliphatic rings. The average molecular weight is 385 g/mol. The first-order chi connectivity index (χ1) is 11.1. The Morgan fingerprint density at radius 3 is 2.08 bits per heavy atom. The first kappa shape index (κ1) is 18.8. The van der Waals surface area contributed by atoms with Crippen molar-refractivity contribution in [3.8, 4) is 0 Å². The topological polar surface area (TPSA) is 37.4 Å². The van der Waals surface area contributed by atoms with E-state index in [1.807, 2.05) is 0 Å². The maximum atomic E-state index is 13.5. The summed E-state index contributed by atoms with van der Waals surface area (Å²) in [5.74, 6) is -0.745. The number of hydrogen-bond acceptors (Lipinski definition) is 3. The van der Waals surface area contributed by atoms with Crippen LogP contribution >= 0.6 is 11.3 Å². The van der Waals surface area contributed by atoms with Gasteiger partial charge in [-0.1, -0.05) is 30.4 Å². The maximum Gasteiger partial charge on any atom is 0.409 e. The number of rotatable bonds is 5. The van der Waals surface area contributed by atoms with Crippen LogP contribution in [-0.4, -0.2) is 25.4 Å². The fraction of sp³-hybridized carbons (Fsp3) is 0.286. The van der Waals surface area contributed by atoms with Crippen molar-refractivity contribution in [2.24, 2.45) is 0 Å². The van der Waals surface area contributed by atoms with E-state index in [9.17, 15) is 30.4 Å². The summed E-state index contributed by atoms with van der Waals surface area (Å²) in [5, 5.41) is -0.824. The molecule has 1 heterocycles. The number of hydrogen-bond donors (Lipinski definition) is 0. The van der Waals surface area contributed by atoms with Crippen LogP contribution in [0.4, 0.5) is 22.0 Å². The van der Waals surface area contributed by atoms with E-state index in [1.54, 1.807) is 0 Å². The zero-order valence-corrected chi connectivity index (χ0v) is 13.9. The lowest BCUT2D eigenvalue weighted by Crippen LogP contribution is -2.42. The Bertz CT molecular complexity index is 799. The highest BCUT2D eigenvalue weighted by atomic mass is 32.2. The zero-order chi connectivity index (χ0) is 18.1. The van der Waals surface area contributed by atoms with Gasteiger partial charge >= 0.3 is 6.18 Å². The summed E-state index contributed by atoms with van der Waals surface area (Å²) in [6, 6.07) is 2.67. The zero-order valence-electron chi connectivity index (χ0n) is 12.2. The molecule has 24 heavy (non-hydrogen) atoms. The van der Waals surface area contributed by atoms with Gasteiger partial charge < -0.3 is 0 Å². The third-order valence-electron chi connectivity index (χ3n) is 3.21. The minimum absolute atomic E-state index is 0.228. The van der Waals surface area contributed by atoms with Gasteiger partial charge in [-0.3, -0.25) is 0 Å². The number of halogens is 5. The van der Waals surface area contributed by atoms with E-state index in [0.717, 1.165) is 36.4 Å². The van der Waals surface area contributed by atoms with E-state index in [2.05, 4.69) is 0 Å². The second kappa shape index (κ2) is 6.77. The lowest BCUT2D eigenvalue weighted by Gasteiger charge is -2.31. The van der Waals surface area contributed by atoms with E-state index in [-0.39, 0.29) is 15.6 Å². The van der Waals surface area contributed by atoms with E-state index in [4.69, 9.17) is 0 Å². The Morgan fingerprint density at radius 1 is 1.08 bits per heavy atom. The number of alkyl halides is 3. The van der Waals surface area contributed by atoms with E-state index >= 15 is 0 Å². The molecule has 0 saturated heterocycles. The number of benzene rings is 1. The van der Waals surface area contributed by atoms with Gasteiger partial charge in [-0.2, -0.15) is 21.9 Å². The van der Waals surface area contributed by atoms with Crippen molar-refractivity contribution in [1.29, 1.82) is 0 Å².